The van der Waals surface area contributed by atoms with Gasteiger partial charge in [-0.1, -0.05) is 37.1 Å². The molecule has 0 saturated heterocycles. The summed E-state index contributed by atoms with van der Waals surface area (Å²) < 4.78 is 0. The van der Waals surface area contributed by atoms with Crippen molar-refractivity contribution in [3.05, 3.63) is 40.4 Å². The summed E-state index contributed by atoms with van der Waals surface area (Å²) in [4.78, 5) is 18.8. The SMILES string of the molecule is CCCCN(CC)C(=O)c1csc(-c2cccc(Cl)c2)n1. The van der Waals surface area contributed by atoms with Crippen LogP contribution in [-0.4, -0.2) is 28.9 Å². The molecule has 0 radical (unpaired) electrons. The molecule has 1 aromatic carbocycles. The van der Waals surface area contributed by atoms with Crippen molar-refractivity contribution in [2.75, 3.05) is 13.1 Å². The van der Waals surface area contributed by atoms with Crippen LogP contribution in [0.25, 0.3) is 10.6 Å². The van der Waals surface area contributed by atoms with Crippen LogP contribution >= 0.6 is 22.9 Å². The van der Waals surface area contributed by atoms with Gasteiger partial charge in [0.2, 0.25) is 0 Å². The van der Waals surface area contributed by atoms with Gasteiger partial charge in [-0.25, -0.2) is 4.98 Å². The van der Waals surface area contributed by atoms with Gasteiger partial charge in [-0.15, -0.1) is 11.3 Å². The van der Waals surface area contributed by atoms with E-state index in [1.165, 1.54) is 11.3 Å². The summed E-state index contributed by atoms with van der Waals surface area (Å²) in [5.41, 5.74) is 1.47. The summed E-state index contributed by atoms with van der Waals surface area (Å²) in [5.74, 6) is 0.00970. The normalized spacial score (nSPS) is 10.6. The standard InChI is InChI=1S/C16H19ClN2OS/c1-3-5-9-19(4-2)16(20)14-11-21-15(18-14)12-7-6-8-13(17)10-12/h6-8,10-11H,3-5,9H2,1-2H3. The summed E-state index contributed by atoms with van der Waals surface area (Å²) in [6.45, 7) is 5.62. The van der Waals surface area contributed by atoms with Crippen LogP contribution in [0.2, 0.25) is 5.02 Å². The lowest BCUT2D eigenvalue weighted by Crippen LogP contribution is -2.31. The maximum atomic E-state index is 12.4. The molecule has 1 aromatic heterocycles. The Balaban J connectivity index is 2.17. The Kier molecular flexibility index (Phi) is 5.76. The van der Waals surface area contributed by atoms with Gasteiger partial charge in [0.25, 0.3) is 5.91 Å². The number of aromatic nitrogens is 1. The Hall–Kier alpha value is -1.39. The molecule has 1 amide bonds. The van der Waals surface area contributed by atoms with E-state index in [0.717, 1.165) is 30.0 Å². The van der Waals surface area contributed by atoms with E-state index in [-0.39, 0.29) is 5.91 Å². The van der Waals surface area contributed by atoms with Gasteiger partial charge in [0.05, 0.1) is 0 Å². The first kappa shape index (κ1) is 16.0. The topological polar surface area (TPSA) is 33.2 Å². The van der Waals surface area contributed by atoms with E-state index < -0.39 is 0 Å². The van der Waals surface area contributed by atoms with Crippen molar-refractivity contribution in [1.29, 1.82) is 0 Å². The third-order valence-electron chi connectivity index (χ3n) is 3.25. The fraction of sp³-hybridized carbons (Fsp3) is 0.375. The van der Waals surface area contributed by atoms with E-state index in [4.69, 9.17) is 11.6 Å². The molecular formula is C16H19ClN2OS. The lowest BCUT2D eigenvalue weighted by molar-refractivity contribution is 0.0757. The van der Waals surface area contributed by atoms with Crippen LogP contribution in [0.3, 0.4) is 0 Å². The maximum Gasteiger partial charge on any atom is 0.273 e. The molecule has 0 aliphatic carbocycles. The molecule has 0 saturated carbocycles. The highest BCUT2D eigenvalue weighted by Crippen LogP contribution is 2.26. The Morgan fingerprint density at radius 2 is 2.19 bits per heavy atom. The molecular weight excluding hydrogens is 304 g/mol. The minimum atomic E-state index is 0.00970. The number of nitrogens with zero attached hydrogens (tertiary/aromatic N) is 2. The van der Waals surface area contributed by atoms with Crippen LogP contribution in [-0.2, 0) is 0 Å². The van der Waals surface area contributed by atoms with Crippen molar-refractivity contribution in [2.45, 2.75) is 26.7 Å². The predicted molar refractivity (Wildman–Crippen MR) is 89.0 cm³/mol. The minimum Gasteiger partial charge on any atom is -0.338 e. The molecule has 0 N–H and O–H groups in total. The Morgan fingerprint density at radius 3 is 2.86 bits per heavy atom. The highest BCUT2D eigenvalue weighted by Gasteiger charge is 2.17. The van der Waals surface area contributed by atoms with Gasteiger partial charge in [0, 0.05) is 29.1 Å². The Bertz CT molecular complexity index is 612. The third kappa shape index (κ3) is 4.05. The van der Waals surface area contributed by atoms with Gasteiger partial charge in [-0.05, 0) is 25.5 Å². The highest BCUT2D eigenvalue weighted by molar-refractivity contribution is 7.13. The Morgan fingerprint density at radius 1 is 1.38 bits per heavy atom. The number of rotatable bonds is 6. The van der Waals surface area contributed by atoms with Gasteiger partial charge in [0.1, 0.15) is 10.7 Å². The zero-order valence-electron chi connectivity index (χ0n) is 12.3. The highest BCUT2D eigenvalue weighted by atomic mass is 35.5. The number of benzene rings is 1. The number of halogens is 1. The molecule has 2 rings (SSSR count). The van der Waals surface area contributed by atoms with Gasteiger partial charge in [-0.2, -0.15) is 0 Å². The van der Waals surface area contributed by atoms with Crippen LogP contribution in [0.4, 0.5) is 0 Å². The molecule has 3 nitrogen and oxygen atoms in total. The molecule has 0 aliphatic rings. The first-order valence-electron chi connectivity index (χ1n) is 7.16. The van der Waals surface area contributed by atoms with Crippen LogP contribution in [0.15, 0.2) is 29.6 Å². The molecule has 0 atom stereocenters. The lowest BCUT2D eigenvalue weighted by atomic mass is 10.2. The summed E-state index contributed by atoms with van der Waals surface area (Å²) in [7, 11) is 0. The second kappa shape index (κ2) is 7.57. The largest absolute Gasteiger partial charge is 0.338 e. The van der Waals surface area contributed by atoms with Crippen molar-refractivity contribution in [2.24, 2.45) is 0 Å². The fourth-order valence-electron chi connectivity index (χ4n) is 2.04. The number of hydrogen-bond acceptors (Lipinski definition) is 3. The second-order valence-corrected chi connectivity index (χ2v) is 6.08. The minimum absolute atomic E-state index is 0.00970. The van der Waals surface area contributed by atoms with Crippen molar-refractivity contribution < 1.29 is 4.79 Å². The molecule has 0 fully saturated rings. The molecule has 0 bridgehead atoms. The number of hydrogen-bond donors (Lipinski definition) is 0. The average Bonchev–Trinajstić information content (AvgIpc) is 2.97. The molecule has 0 spiro atoms. The van der Waals surface area contributed by atoms with Crippen molar-refractivity contribution in [1.82, 2.24) is 9.88 Å². The maximum absolute atomic E-state index is 12.4. The summed E-state index contributed by atoms with van der Waals surface area (Å²) >= 11 is 7.47. The number of amides is 1. The van der Waals surface area contributed by atoms with Gasteiger partial charge in [-0.3, -0.25) is 4.79 Å². The first-order chi connectivity index (χ1) is 10.2. The molecule has 112 valence electrons. The average molecular weight is 323 g/mol. The summed E-state index contributed by atoms with van der Waals surface area (Å²) in [6.07, 6.45) is 2.10. The number of thiazole rings is 1. The third-order valence-corrected chi connectivity index (χ3v) is 4.37. The zero-order valence-corrected chi connectivity index (χ0v) is 13.9. The molecule has 0 aliphatic heterocycles. The second-order valence-electron chi connectivity index (χ2n) is 4.79. The van der Waals surface area contributed by atoms with Crippen LogP contribution in [0.1, 0.15) is 37.2 Å². The fourth-order valence-corrected chi connectivity index (χ4v) is 3.02. The van der Waals surface area contributed by atoms with E-state index in [1.807, 2.05) is 41.5 Å². The van der Waals surface area contributed by atoms with Crippen molar-refractivity contribution in [3.63, 3.8) is 0 Å². The van der Waals surface area contributed by atoms with E-state index in [9.17, 15) is 4.79 Å². The van der Waals surface area contributed by atoms with E-state index in [2.05, 4.69) is 11.9 Å². The van der Waals surface area contributed by atoms with E-state index in [1.54, 1.807) is 0 Å². The quantitative estimate of drug-likeness (QED) is 0.770. The Labute approximate surface area is 134 Å². The van der Waals surface area contributed by atoms with Crippen LogP contribution in [0.5, 0.6) is 0 Å². The smallest absolute Gasteiger partial charge is 0.273 e. The zero-order chi connectivity index (χ0) is 15.2. The summed E-state index contributed by atoms with van der Waals surface area (Å²) in [6, 6.07) is 7.53. The number of carbonyl (C=O) groups is 1. The summed E-state index contributed by atoms with van der Waals surface area (Å²) in [5, 5.41) is 3.33. The van der Waals surface area contributed by atoms with Crippen molar-refractivity contribution in [3.8, 4) is 10.6 Å². The molecule has 5 heteroatoms. The monoisotopic (exact) mass is 322 g/mol. The lowest BCUT2D eigenvalue weighted by Gasteiger charge is -2.19. The number of carbonyl (C=O) groups excluding carboxylic acids is 1. The molecule has 0 unspecified atom stereocenters. The predicted octanol–water partition coefficient (Wildman–Crippen LogP) is 4.73. The van der Waals surface area contributed by atoms with Gasteiger partial charge in [0.15, 0.2) is 0 Å². The van der Waals surface area contributed by atoms with E-state index >= 15 is 0 Å². The molecule has 1 heterocycles. The number of unbranched alkanes of at least 4 members (excludes halogenated alkanes) is 1. The van der Waals surface area contributed by atoms with Gasteiger partial charge >= 0.3 is 0 Å². The van der Waals surface area contributed by atoms with Crippen LogP contribution in [0, 0.1) is 0 Å². The molecule has 21 heavy (non-hydrogen) atoms. The first-order valence-corrected chi connectivity index (χ1v) is 8.42. The van der Waals surface area contributed by atoms with E-state index in [0.29, 0.717) is 17.3 Å². The van der Waals surface area contributed by atoms with Gasteiger partial charge < -0.3 is 4.90 Å². The van der Waals surface area contributed by atoms with Crippen molar-refractivity contribution >= 4 is 28.8 Å². The van der Waals surface area contributed by atoms with Crippen LogP contribution < -0.4 is 0 Å². The molecule has 2 aromatic rings.